The van der Waals surface area contributed by atoms with Crippen LogP contribution >= 0.6 is 0 Å². The van der Waals surface area contributed by atoms with Gasteiger partial charge in [0, 0.05) is 18.0 Å². The van der Waals surface area contributed by atoms with Gasteiger partial charge in [-0.1, -0.05) is 11.8 Å². The van der Waals surface area contributed by atoms with E-state index >= 15 is 0 Å². The molecule has 0 amide bonds. The highest BCUT2D eigenvalue weighted by Crippen LogP contribution is 1.91. The second-order valence-electron chi connectivity index (χ2n) is 2.19. The van der Waals surface area contributed by atoms with Gasteiger partial charge in [0.25, 0.3) is 0 Å². The van der Waals surface area contributed by atoms with E-state index in [4.69, 9.17) is 5.11 Å². The summed E-state index contributed by atoms with van der Waals surface area (Å²) in [6.07, 6.45) is 2.78. The Kier molecular flexibility index (Phi) is 2.65. The number of aliphatic hydroxyl groups excluding tert-OH is 1. The lowest BCUT2D eigenvalue weighted by atomic mass is 10.3. The fourth-order valence-corrected chi connectivity index (χ4v) is 0.624. The summed E-state index contributed by atoms with van der Waals surface area (Å²) in [5, 5.41) is 8.82. The van der Waals surface area contributed by atoms with Crippen LogP contribution in [0.25, 0.3) is 0 Å². The number of hydrogen-bond acceptors (Lipinski definition) is 2. The number of rotatable bonds is 0. The molecule has 0 radical (unpaired) electrons. The Morgan fingerprint density at radius 1 is 1.64 bits per heavy atom. The second kappa shape index (κ2) is 3.75. The molecule has 0 aliphatic heterocycles. The molecule has 56 valence electrons. The van der Waals surface area contributed by atoms with E-state index in [9.17, 15) is 0 Å². The molecule has 1 unspecified atom stereocenters. The fourth-order valence-electron chi connectivity index (χ4n) is 0.624. The minimum atomic E-state index is -0.574. The van der Waals surface area contributed by atoms with Crippen LogP contribution in [0.4, 0.5) is 0 Å². The van der Waals surface area contributed by atoms with Crippen molar-refractivity contribution in [2.75, 3.05) is 0 Å². The van der Waals surface area contributed by atoms with Gasteiger partial charge in [-0.3, -0.25) is 4.98 Å². The van der Waals surface area contributed by atoms with E-state index in [1.54, 1.807) is 19.3 Å². The highest BCUT2D eigenvalue weighted by atomic mass is 16.3. The standard InChI is InChI=1S/C9H9NO/c1-8(11)4-5-9-3-2-6-10-7-9/h2-3,6-8,11H,1H3. The van der Waals surface area contributed by atoms with Crippen molar-refractivity contribution in [3.8, 4) is 11.8 Å². The third kappa shape index (κ3) is 2.83. The summed E-state index contributed by atoms with van der Waals surface area (Å²) in [6, 6.07) is 3.66. The smallest absolute Gasteiger partial charge is 0.112 e. The minimum absolute atomic E-state index is 0.574. The molecule has 0 spiro atoms. The van der Waals surface area contributed by atoms with Crippen LogP contribution in [0.1, 0.15) is 12.5 Å². The normalized spacial score (nSPS) is 11.5. The molecule has 1 aromatic heterocycles. The van der Waals surface area contributed by atoms with Crippen molar-refractivity contribution < 1.29 is 5.11 Å². The third-order valence-electron chi connectivity index (χ3n) is 1.09. The van der Waals surface area contributed by atoms with Crippen LogP contribution in [0.15, 0.2) is 24.5 Å². The molecule has 0 bridgehead atoms. The lowest BCUT2D eigenvalue weighted by molar-refractivity contribution is 0.253. The van der Waals surface area contributed by atoms with Gasteiger partial charge in [-0.2, -0.15) is 0 Å². The van der Waals surface area contributed by atoms with Crippen LogP contribution in [0.2, 0.25) is 0 Å². The summed E-state index contributed by atoms with van der Waals surface area (Å²) in [4.78, 5) is 3.88. The average Bonchev–Trinajstić information content (AvgIpc) is 2.03. The van der Waals surface area contributed by atoms with Crippen molar-refractivity contribution in [2.24, 2.45) is 0 Å². The molecule has 1 heterocycles. The number of aliphatic hydroxyl groups is 1. The largest absolute Gasteiger partial charge is 0.381 e. The maximum absolute atomic E-state index is 8.82. The number of pyridine rings is 1. The summed E-state index contributed by atoms with van der Waals surface area (Å²) in [6.45, 7) is 1.63. The Morgan fingerprint density at radius 2 is 2.45 bits per heavy atom. The van der Waals surface area contributed by atoms with Crippen molar-refractivity contribution in [1.29, 1.82) is 0 Å². The molecule has 11 heavy (non-hydrogen) atoms. The first kappa shape index (κ1) is 7.77. The Hall–Kier alpha value is -1.33. The molecule has 1 N–H and O–H groups in total. The first-order chi connectivity index (χ1) is 5.29. The van der Waals surface area contributed by atoms with Gasteiger partial charge < -0.3 is 5.11 Å². The number of hydrogen-bond donors (Lipinski definition) is 1. The maximum atomic E-state index is 8.82. The van der Waals surface area contributed by atoms with Gasteiger partial charge in [0.1, 0.15) is 6.10 Å². The highest BCUT2D eigenvalue weighted by molar-refractivity contribution is 5.31. The Bertz CT molecular complexity index is 269. The lowest BCUT2D eigenvalue weighted by Gasteiger charge is -1.88. The van der Waals surface area contributed by atoms with Gasteiger partial charge in [0.05, 0.1) is 0 Å². The molecule has 2 nitrogen and oxygen atoms in total. The van der Waals surface area contributed by atoms with Gasteiger partial charge in [-0.25, -0.2) is 0 Å². The summed E-state index contributed by atoms with van der Waals surface area (Å²) in [7, 11) is 0. The molecule has 1 atom stereocenters. The minimum Gasteiger partial charge on any atom is -0.381 e. The summed E-state index contributed by atoms with van der Waals surface area (Å²) < 4.78 is 0. The predicted molar refractivity (Wildman–Crippen MR) is 42.8 cm³/mol. The van der Waals surface area contributed by atoms with E-state index in [2.05, 4.69) is 16.8 Å². The third-order valence-corrected chi connectivity index (χ3v) is 1.09. The van der Waals surface area contributed by atoms with Gasteiger partial charge in [0.15, 0.2) is 0 Å². The Labute approximate surface area is 65.9 Å². The van der Waals surface area contributed by atoms with Gasteiger partial charge in [0.2, 0.25) is 0 Å². The van der Waals surface area contributed by atoms with E-state index in [0.29, 0.717) is 0 Å². The van der Waals surface area contributed by atoms with Crippen molar-refractivity contribution in [3.63, 3.8) is 0 Å². The molecule has 1 rings (SSSR count). The maximum Gasteiger partial charge on any atom is 0.112 e. The van der Waals surface area contributed by atoms with Crippen LogP contribution in [-0.2, 0) is 0 Å². The number of nitrogens with zero attached hydrogens (tertiary/aromatic N) is 1. The topological polar surface area (TPSA) is 33.1 Å². The van der Waals surface area contributed by atoms with Crippen molar-refractivity contribution in [1.82, 2.24) is 4.98 Å². The van der Waals surface area contributed by atoms with E-state index in [1.165, 1.54) is 0 Å². The van der Waals surface area contributed by atoms with E-state index in [0.717, 1.165) is 5.56 Å². The van der Waals surface area contributed by atoms with Crippen molar-refractivity contribution in [2.45, 2.75) is 13.0 Å². The second-order valence-corrected chi connectivity index (χ2v) is 2.19. The monoisotopic (exact) mass is 147 g/mol. The van der Waals surface area contributed by atoms with Gasteiger partial charge in [-0.15, -0.1) is 0 Å². The predicted octanol–water partition coefficient (Wildman–Crippen LogP) is 0.814. The number of aromatic nitrogens is 1. The van der Waals surface area contributed by atoms with Gasteiger partial charge in [-0.05, 0) is 19.1 Å². The summed E-state index contributed by atoms with van der Waals surface area (Å²) in [5.41, 5.74) is 0.827. The molecule has 0 fully saturated rings. The average molecular weight is 147 g/mol. The van der Waals surface area contributed by atoms with Crippen molar-refractivity contribution >= 4 is 0 Å². The zero-order chi connectivity index (χ0) is 8.10. The molecule has 0 aliphatic rings. The molecule has 2 heteroatoms. The first-order valence-electron chi connectivity index (χ1n) is 3.38. The molecule has 0 saturated carbocycles. The summed E-state index contributed by atoms with van der Waals surface area (Å²) >= 11 is 0. The van der Waals surface area contributed by atoms with E-state index in [1.807, 2.05) is 12.1 Å². The quantitative estimate of drug-likeness (QED) is 0.551. The van der Waals surface area contributed by atoms with Crippen LogP contribution < -0.4 is 0 Å². The van der Waals surface area contributed by atoms with Crippen molar-refractivity contribution in [3.05, 3.63) is 30.1 Å². The molecule has 0 aliphatic carbocycles. The SMILES string of the molecule is CC(O)C#Cc1cccnc1. The fraction of sp³-hybridized carbons (Fsp3) is 0.222. The Balaban J connectivity index is 2.75. The zero-order valence-corrected chi connectivity index (χ0v) is 6.28. The molecule has 0 aromatic carbocycles. The van der Waals surface area contributed by atoms with Crippen LogP contribution in [0.5, 0.6) is 0 Å². The van der Waals surface area contributed by atoms with Gasteiger partial charge >= 0.3 is 0 Å². The first-order valence-corrected chi connectivity index (χ1v) is 3.38. The molecular weight excluding hydrogens is 138 g/mol. The molecule has 0 saturated heterocycles. The summed E-state index contributed by atoms with van der Waals surface area (Å²) in [5.74, 6) is 5.41. The van der Waals surface area contributed by atoms with Crippen LogP contribution in [0.3, 0.4) is 0 Å². The van der Waals surface area contributed by atoms with E-state index in [-0.39, 0.29) is 0 Å². The molecule has 1 aromatic rings. The van der Waals surface area contributed by atoms with Crippen LogP contribution in [-0.4, -0.2) is 16.2 Å². The zero-order valence-electron chi connectivity index (χ0n) is 6.28. The molecular formula is C9H9NO. The Morgan fingerprint density at radius 3 is 3.00 bits per heavy atom. The van der Waals surface area contributed by atoms with E-state index < -0.39 is 6.10 Å². The highest BCUT2D eigenvalue weighted by Gasteiger charge is 1.84. The van der Waals surface area contributed by atoms with Crippen LogP contribution in [0, 0.1) is 11.8 Å². The lowest BCUT2D eigenvalue weighted by Crippen LogP contribution is -1.92.